The van der Waals surface area contributed by atoms with Crippen LogP contribution in [0, 0.1) is 20.8 Å². The summed E-state index contributed by atoms with van der Waals surface area (Å²) < 4.78 is 6.21. The Morgan fingerprint density at radius 2 is 1.89 bits per heavy atom. The number of phenols is 1. The number of ether oxygens (including phenoxy) is 1. The number of halogens is 1. The van der Waals surface area contributed by atoms with Gasteiger partial charge in [0.05, 0.1) is 0 Å². The summed E-state index contributed by atoms with van der Waals surface area (Å²) in [5.74, 6) is 1.98. The number of phenolic OH excluding ortho intramolecular Hbond substituents is 1. The molecule has 1 aromatic carbocycles. The van der Waals surface area contributed by atoms with Gasteiger partial charge in [0.15, 0.2) is 0 Å². The fourth-order valence-corrected chi connectivity index (χ4v) is 3.07. The molecule has 3 heteroatoms. The summed E-state index contributed by atoms with van der Waals surface area (Å²) in [5.41, 5.74) is 3.91. The number of alkyl halides is 1. The molecule has 0 saturated heterocycles. The maximum absolute atomic E-state index is 10.1. The largest absolute Gasteiger partial charge is 0.507 e. The summed E-state index contributed by atoms with van der Waals surface area (Å²) in [6.45, 7) is 8.04. The molecule has 1 aliphatic heterocycles. The lowest BCUT2D eigenvalue weighted by Gasteiger charge is -2.37. The van der Waals surface area contributed by atoms with Gasteiger partial charge in [0.2, 0.25) is 0 Å². The summed E-state index contributed by atoms with van der Waals surface area (Å²) in [6, 6.07) is 0. The maximum Gasteiger partial charge on any atom is 0.127 e. The van der Waals surface area contributed by atoms with Crippen molar-refractivity contribution >= 4 is 11.6 Å². The molecule has 2 nitrogen and oxygen atoms in total. The Morgan fingerprint density at radius 3 is 2.50 bits per heavy atom. The van der Waals surface area contributed by atoms with Crippen LogP contribution < -0.4 is 4.74 Å². The second-order valence-electron chi connectivity index (χ2n) is 5.52. The minimum absolute atomic E-state index is 0.171. The van der Waals surface area contributed by atoms with Gasteiger partial charge in [0.25, 0.3) is 0 Å². The van der Waals surface area contributed by atoms with Crippen molar-refractivity contribution in [3.05, 3.63) is 22.3 Å². The predicted molar refractivity (Wildman–Crippen MR) is 75.0 cm³/mol. The van der Waals surface area contributed by atoms with Crippen LogP contribution in [-0.2, 0) is 6.42 Å². The van der Waals surface area contributed by atoms with E-state index in [1.54, 1.807) is 0 Å². The van der Waals surface area contributed by atoms with E-state index in [1.165, 1.54) is 0 Å². The molecular formula is C15H21ClO2. The lowest BCUT2D eigenvalue weighted by Crippen LogP contribution is -2.37. The quantitative estimate of drug-likeness (QED) is 0.821. The van der Waals surface area contributed by atoms with Crippen molar-refractivity contribution in [3.63, 3.8) is 0 Å². The first-order valence-electron chi connectivity index (χ1n) is 6.46. The molecule has 0 aliphatic carbocycles. The monoisotopic (exact) mass is 268 g/mol. The van der Waals surface area contributed by atoms with E-state index in [0.717, 1.165) is 47.3 Å². The topological polar surface area (TPSA) is 29.5 Å². The molecule has 1 aliphatic rings. The van der Waals surface area contributed by atoms with E-state index >= 15 is 0 Å². The Kier molecular flexibility index (Phi) is 3.50. The zero-order valence-corrected chi connectivity index (χ0v) is 12.3. The SMILES string of the molecule is Cc1c(C)c2c(c(C)c1O)CC[C@](C)(CCCl)O2. The maximum atomic E-state index is 10.1. The summed E-state index contributed by atoms with van der Waals surface area (Å²) in [6.07, 6.45) is 2.76. The zero-order valence-electron chi connectivity index (χ0n) is 11.6. The summed E-state index contributed by atoms with van der Waals surface area (Å²) >= 11 is 5.86. The molecule has 1 aromatic rings. The second-order valence-corrected chi connectivity index (χ2v) is 5.90. The van der Waals surface area contributed by atoms with Crippen LogP contribution in [0.3, 0.4) is 0 Å². The van der Waals surface area contributed by atoms with Gasteiger partial charge in [0.1, 0.15) is 17.1 Å². The summed E-state index contributed by atoms with van der Waals surface area (Å²) in [5, 5.41) is 10.1. The average Bonchev–Trinajstić information content (AvgIpc) is 2.34. The van der Waals surface area contributed by atoms with Crippen LogP contribution in [0.1, 0.15) is 42.0 Å². The van der Waals surface area contributed by atoms with Crippen molar-refractivity contribution in [2.24, 2.45) is 0 Å². The Bertz CT molecular complexity index is 482. The van der Waals surface area contributed by atoms with Crippen LogP contribution in [0.4, 0.5) is 0 Å². The molecule has 0 aromatic heterocycles. The number of fused-ring (bicyclic) bond motifs is 1. The highest BCUT2D eigenvalue weighted by Gasteiger charge is 2.33. The fraction of sp³-hybridized carbons (Fsp3) is 0.600. The van der Waals surface area contributed by atoms with Crippen LogP contribution in [0.15, 0.2) is 0 Å². The molecule has 1 heterocycles. The smallest absolute Gasteiger partial charge is 0.127 e. The van der Waals surface area contributed by atoms with Crippen LogP contribution in [0.25, 0.3) is 0 Å². The molecule has 1 N–H and O–H groups in total. The summed E-state index contributed by atoms with van der Waals surface area (Å²) in [4.78, 5) is 0. The number of hydrogen-bond donors (Lipinski definition) is 1. The Balaban J connectivity index is 2.50. The van der Waals surface area contributed by atoms with Crippen LogP contribution in [0.5, 0.6) is 11.5 Å². The molecule has 18 heavy (non-hydrogen) atoms. The van der Waals surface area contributed by atoms with Crippen molar-refractivity contribution in [2.75, 3.05) is 5.88 Å². The Labute approximate surface area is 114 Å². The normalized spacial score (nSPS) is 22.5. The van der Waals surface area contributed by atoms with Gasteiger partial charge in [-0.1, -0.05) is 0 Å². The molecule has 100 valence electrons. The highest BCUT2D eigenvalue weighted by atomic mass is 35.5. The first-order chi connectivity index (χ1) is 8.39. The van der Waals surface area contributed by atoms with E-state index in [9.17, 15) is 5.11 Å². The van der Waals surface area contributed by atoms with Crippen molar-refractivity contribution in [2.45, 2.75) is 52.6 Å². The molecule has 0 spiro atoms. The number of benzene rings is 1. The number of aromatic hydroxyl groups is 1. The minimum atomic E-state index is -0.171. The Hall–Kier alpha value is -0.890. The number of rotatable bonds is 2. The van der Waals surface area contributed by atoms with Crippen LogP contribution in [-0.4, -0.2) is 16.6 Å². The predicted octanol–water partition coefficient (Wildman–Crippen LogP) is 4.03. The molecule has 0 unspecified atom stereocenters. The van der Waals surface area contributed by atoms with E-state index in [0.29, 0.717) is 11.6 Å². The van der Waals surface area contributed by atoms with Crippen molar-refractivity contribution < 1.29 is 9.84 Å². The van der Waals surface area contributed by atoms with Gasteiger partial charge in [-0.2, -0.15) is 0 Å². The molecule has 2 rings (SSSR count). The van der Waals surface area contributed by atoms with Gasteiger partial charge >= 0.3 is 0 Å². The molecular weight excluding hydrogens is 248 g/mol. The van der Waals surface area contributed by atoms with Gasteiger partial charge in [-0.3, -0.25) is 0 Å². The molecule has 1 atom stereocenters. The third-order valence-electron chi connectivity index (χ3n) is 4.22. The van der Waals surface area contributed by atoms with Gasteiger partial charge in [-0.25, -0.2) is 0 Å². The van der Waals surface area contributed by atoms with Gasteiger partial charge in [-0.15, -0.1) is 11.6 Å². The first-order valence-corrected chi connectivity index (χ1v) is 6.99. The standard InChI is InChI=1S/C15H21ClO2/c1-9-10(2)14-12(11(3)13(9)17)5-6-15(4,18-14)7-8-16/h17H,5-8H2,1-4H3/t15-/m1/s1. The van der Waals surface area contributed by atoms with Gasteiger partial charge in [0, 0.05) is 17.9 Å². The first kappa shape index (κ1) is 13.5. The summed E-state index contributed by atoms with van der Waals surface area (Å²) in [7, 11) is 0. The molecule has 0 bridgehead atoms. The molecule has 0 radical (unpaired) electrons. The highest BCUT2D eigenvalue weighted by molar-refractivity contribution is 6.17. The average molecular weight is 269 g/mol. The number of hydrogen-bond acceptors (Lipinski definition) is 2. The third kappa shape index (κ3) is 2.07. The lowest BCUT2D eigenvalue weighted by atomic mass is 9.86. The van der Waals surface area contributed by atoms with Crippen LogP contribution in [0.2, 0.25) is 0 Å². The minimum Gasteiger partial charge on any atom is -0.507 e. The van der Waals surface area contributed by atoms with Crippen LogP contribution >= 0.6 is 11.6 Å². The van der Waals surface area contributed by atoms with E-state index in [4.69, 9.17) is 16.3 Å². The van der Waals surface area contributed by atoms with Crippen molar-refractivity contribution in [1.29, 1.82) is 0 Å². The molecule has 0 amide bonds. The zero-order chi connectivity index (χ0) is 13.5. The van der Waals surface area contributed by atoms with E-state index in [2.05, 4.69) is 6.92 Å². The Morgan fingerprint density at radius 1 is 1.22 bits per heavy atom. The molecule has 0 saturated carbocycles. The van der Waals surface area contributed by atoms with E-state index < -0.39 is 0 Å². The molecule has 0 fully saturated rings. The van der Waals surface area contributed by atoms with Gasteiger partial charge < -0.3 is 9.84 Å². The van der Waals surface area contributed by atoms with E-state index in [-0.39, 0.29) is 5.60 Å². The van der Waals surface area contributed by atoms with Gasteiger partial charge in [-0.05, 0) is 57.2 Å². The highest BCUT2D eigenvalue weighted by Crippen LogP contribution is 2.43. The van der Waals surface area contributed by atoms with E-state index in [1.807, 2.05) is 20.8 Å². The van der Waals surface area contributed by atoms with Crippen molar-refractivity contribution in [3.8, 4) is 11.5 Å². The fourth-order valence-electron chi connectivity index (χ4n) is 2.67. The third-order valence-corrected chi connectivity index (χ3v) is 4.40. The second kappa shape index (κ2) is 4.65. The lowest BCUT2D eigenvalue weighted by molar-refractivity contribution is 0.0607. The van der Waals surface area contributed by atoms with Crippen molar-refractivity contribution in [1.82, 2.24) is 0 Å².